The van der Waals surface area contributed by atoms with Crippen LogP contribution in [0.15, 0.2) is 30.3 Å². The third-order valence-electron chi connectivity index (χ3n) is 3.78. The summed E-state index contributed by atoms with van der Waals surface area (Å²) in [5.41, 5.74) is 0.874. The van der Waals surface area contributed by atoms with E-state index in [0.717, 1.165) is 11.3 Å². The lowest BCUT2D eigenvalue weighted by Crippen LogP contribution is -2.43. The van der Waals surface area contributed by atoms with Crippen LogP contribution in [0.5, 0.6) is 5.75 Å². The second-order valence-electron chi connectivity index (χ2n) is 7.39. The van der Waals surface area contributed by atoms with Gasteiger partial charge in [0.15, 0.2) is 0 Å². The highest BCUT2D eigenvalue weighted by molar-refractivity contribution is 5.94. The maximum absolute atomic E-state index is 12.6. The third-order valence-corrected chi connectivity index (χ3v) is 3.78. The molecule has 0 aliphatic heterocycles. The van der Waals surface area contributed by atoms with E-state index in [1.807, 2.05) is 29.2 Å². The van der Waals surface area contributed by atoms with Gasteiger partial charge in [0.1, 0.15) is 5.75 Å². The average Bonchev–Trinajstić information content (AvgIpc) is 2.58. The molecule has 1 aromatic rings. The molecule has 0 atom stereocenters. The van der Waals surface area contributed by atoms with E-state index in [-0.39, 0.29) is 18.4 Å². The molecule has 0 unspecified atom stereocenters. The summed E-state index contributed by atoms with van der Waals surface area (Å²) in [4.78, 5) is 28.2. The summed E-state index contributed by atoms with van der Waals surface area (Å²) in [7, 11) is 3.26. The molecule has 5 nitrogen and oxygen atoms in total. The topological polar surface area (TPSA) is 49.9 Å². The van der Waals surface area contributed by atoms with Gasteiger partial charge in [0.25, 0.3) is 0 Å². The Morgan fingerprint density at radius 1 is 1.12 bits per heavy atom. The maximum atomic E-state index is 12.6. The number of nitrogens with zero attached hydrogens (tertiary/aromatic N) is 2. The first-order chi connectivity index (χ1) is 12.2. The predicted octanol–water partition coefficient (Wildman–Crippen LogP) is 3.31. The van der Waals surface area contributed by atoms with E-state index in [0.29, 0.717) is 24.9 Å². The van der Waals surface area contributed by atoms with E-state index in [2.05, 4.69) is 27.7 Å². The Hall–Kier alpha value is -2.30. The number of hydrogen-bond donors (Lipinski definition) is 0. The van der Waals surface area contributed by atoms with E-state index >= 15 is 0 Å². The highest BCUT2D eigenvalue weighted by atomic mass is 16.5. The molecule has 0 spiro atoms. The fourth-order valence-corrected chi connectivity index (χ4v) is 2.58. The first-order valence-electron chi connectivity index (χ1n) is 9.08. The molecule has 0 bridgehead atoms. The zero-order valence-electron chi connectivity index (χ0n) is 16.9. The summed E-state index contributed by atoms with van der Waals surface area (Å²) < 4.78 is 5.17. The molecule has 5 heteroatoms. The SMILES string of the molecule is COc1cccc(/C=C/C(=O)N(C)CC(=O)N(CC(C)C)CC(C)C)c1. The summed E-state index contributed by atoms with van der Waals surface area (Å²) in [6, 6.07) is 7.46. The van der Waals surface area contributed by atoms with Crippen LogP contribution in [0.4, 0.5) is 0 Å². The van der Waals surface area contributed by atoms with Gasteiger partial charge in [0.2, 0.25) is 11.8 Å². The van der Waals surface area contributed by atoms with E-state index in [1.165, 1.54) is 11.0 Å². The van der Waals surface area contributed by atoms with Crippen molar-refractivity contribution in [3.8, 4) is 5.75 Å². The molecule has 0 fully saturated rings. The lowest BCUT2D eigenvalue weighted by molar-refractivity contribution is -0.138. The van der Waals surface area contributed by atoms with Crippen LogP contribution in [0, 0.1) is 11.8 Å². The van der Waals surface area contributed by atoms with Crippen molar-refractivity contribution in [3.63, 3.8) is 0 Å². The lowest BCUT2D eigenvalue weighted by Gasteiger charge is -2.28. The first kappa shape index (κ1) is 21.7. The lowest BCUT2D eigenvalue weighted by atomic mass is 10.1. The maximum Gasteiger partial charge on any atom is 0.246 e. The summed E-state index contributed by atoms with van der Waals surface area (Å²) in [5, 5.41) is 0. The molecule has 0 saturated heterocycles. The van der Waals surface area contributed by atoms with Crippen molar-refractivity contribution < 1.29 is 14.3 Å². The molecule has 0 N–H and O–H groups in total. The number of ether oxygens (including phenoxy) is 1. The van der Waals surface area contributed by atoms with Gasteiger partial charge in [-0.15, -0.1) is 0 Å². The van der Waals surface area contributed by atoms with Gasteiger partial charge >= 0.3 is 0 Å². The normalized spacial score (nSPS) is 11.2. The highest BCUT2D eigenvalue weighted by Gasteiger charge is 2.19. The van der Waals surface area contributed by atoms with Gasteiger partial charge in [0, 0.05) is 26.2 Å². The molecule has 0 aromatic heterocycles. The molecule has 0 aliphatic carbocycles. The summed E-state index contributed by atoms with van der Waals surface area (Å²) in [5.74, 6) is 1.31. The number of hydrogen-bond acceptors (Lipinski definition) is 3. The summed E-state index contributed by atoms with van der Waals surface area (Å²) in [6.07, 6.45) is 3.21. The molecule has 0 saturated carbocycles. The fourth-order valence-electron chi connectivity index (χ4n) is 2.58. The number of carbonyl (C=O) groups excluding carboxylic acids is 2. The monoisotopic (exact) mass is 360 g/mol. The van der Waals surface area contributed by atoms with E-state index < -0.39 is 0 Å². The van der Waals surface area contributed by atoms with Gasteiger partial charge in [-0.2, -0.15) is 0 Å². The Morgan fingerprint density at radius 2 is 1.73 bits per heavy atom. The van der Waals surface area contributed by atoms with Gasteiger partial charge in [-0.3, -0.25) is 9.59 Å². The van der Waals surface area contributed by atoms with Crippen LogP contribution < -0.4 is 4.74 Å². The Bertz CT molecular complexity index is 613. The van der Waals surface area contributed by atoms with Crippen molar-refractivity contribution in [1.29, 1.82) is 0 Å². The van der Waals surface area contributed by atoms with Crippen LogP contribution in [-0.4, -0.2) is 55.4 Å². The molecular weight excluding hydrogens is 328 g/mol. The van der Waals surface area contributed by atoms with Gasteiger partial charge in [-0.05, 0) is 35.6 Å². The minimum absolute atomic E-state index is 0.0157. The third kappa shape index (κ3) is 7.72. The quantitative estimate of drug-likeness (QED) is 0.635. The smallest absolute Gasteiger partial charge is 0.246 e. The van der Waals surface area contributed by atoms with Crippen LogP contribution in [-0.2, 0) is 9.59 Å². The molecule has 1 rings (SSSR count). The van der Waals surface area contributed by atoms with Crippen LogP contribution in [0.1, 0.15) is 33.3 Å². The van der Waals surface area contributed by atoms with Crippen molar-refractivity contribution in [2.45, 2.75) is 27.7 Å². The van der Waals surface area contributed by atoms with E-state index in [1.54, 1.807) is 20.2 Å². The second-order valence-corrected chi connectivity index (χ2v) is 7.39. The summed E-state index contributed by atoms with van der Waals surface area (Å²) in [6.45, 7) is 9.86. The number of benzene rings is 1. The second kappa shape index (κ2) is 10.6. The van der Waals surface area contributed by atoms with Gasteiger partial charge < -0.3 is 14.5 Å². The molecule has 144 valence electrons. The number of likely N-dealkylation sites (N-methyl/N-ethyl adjacent to an activating group) is 1. The van der Waals surface area contributed by atoms with Crippen molar-refractivity contribution in [2.24, 2.45) is 11.8 Å². The first-order valence-corrected chi connectivity index (χ1v) is 9.08. The standard InChI is InChI=1S/C21H32N2O3/c1-16(2)13-23(14-17(3)4)21(25)15-22(5)20(24)11-10-18-8-7-9-19(12-18)26-6/h7-12,16-17H,13-15H2,1-6H3/b11-10+. The van der Waals surface area contributed by atoms with Crippen molar-refractivity contribution in [1.82, 2.24) is 9.80 Å². The minimum atomic E-state index is -0.199. The fraction of sp³-hybridized carbons (Fsp3) is 0.524. The van der Waals surface area contributed by atoms with Crippen LogP contribution >= 0.6 is 0 Å². The Balaban J connectivity index is 2.68. The number of amides is 2. The molecule has 1 aromatic carbocycles. The van der Waals surface area contributed by atoms with Crippen LogP contribution in [0.3, 0.4) is 0 Å². The summed E-state index contributed by atoms with van der Waals surface area (Å²) >= 11 is 0. The molecule has 0 radical (unpaired) electrons. The molecule has 0 heterocycles. The van der Waals surface area contributed by atoms with Gasteiger partial charge in [-0.25, -0.2) is 0 Å². The van der Waals surface area contributed by atoms with Gasteiger partial charge in [-0.1, -0.05) is 39.8 Å². The minimum Gasteiger partial charge on any atom is -0.497 e. The Kier molecular flexibility index (Phi) is 8.90. The highest BCUT2D eigenvalue weighted by Crippen LogP contribution is 2.13. The number of rotatable bonds is 9. The number of methoxy groups -OCH3 is 1. The Labute approximate surface area is 157 Å². The molecule has 2 amide bonds. The van der Waals surface area contributed by atoms with Crippen molar-refractivity contribution >= 4 is 17.9 Å². The van der Waals surface area contributed by atoms with E-state index in [4.69, 9.17) is 4.74 Å². The molecular formula is C21H32N2O3. The molecule has 0 aliphatic rings. The number of carbonyl (C=O) groups is 2. The molecule has 26 heavy (non-hydrogen) atoms. The van der Waals surface area contributed by atoms with Crippen molar-refractivity contribution in [2.75, 3.05) is 33.8 Å². The predicted molar refractivity (Wildman–Crippen MR) is 106 cm³/mol. The van der Waals surface area contributed by atoms with Gasteiger partial charge in [0.05, 0.1) is 13.7 Å². The average molecular weight is 360 g/mol. The van der Waals surface area contributed by atoms with Crippen molar-refractivity contribution in [3.05, 3.63) is 35.9 Å². The largest absolute Gasteiger partial charge is 0.497 e. The van der Waals surface area contributed by atoms with Crippen LogP contribution in [0.2, 0.25) is 0 Å². The zero-order valence-corrected chi connectivity index (χ0v) is 16.9. The van der Waals surface area contributed by atoms with Crippen LogP contribution in [0.25, 0.3) is 6.08 Å². The van der Waals surface area contributed by atoms with E-state index in [9.17, 15) is 9.59 Å². The Morgan fingerprint density at radius 3 is 2.27 bits per heavy atom. The zero-order chi connectivity index (χ0) is 19.7.